The zero-order valence-corrected chi connectivity index (χ0v) is 19.7. The molecule has 1 heterocycles. The van der Waals surface area contributed by atoms with E-state index in [1.807, 2.05) is 6.07 Å². The van der Waals surface area contributed by atoms with E-state index < -0.39 is 4.92 Å². The second-order valence-corrected chi connectivity index (χ2v) is 8.56. The first-order valence-corrected chi connectivity index (χ1v) is 11.6. The summed E-state index contributed by atoms with van der Waals surface area (Å²) in [5, 5.41) is 21.2. The van der Waals surface area contributed by atoms with Gasteiger partial charge in [0.05, 0.1) is 16.1 Å². The minimum atomic E-state index is -0.415. The molecule has 4 aromatic rings. The molecule has 0 saturated carbocycles. The highest BCUT2D eigenvalue weighted by Gasteiger charge is 2.13. The van der Waals surface area contributed by atoms with Gasteiger partial charge in [-0.15, -0.1) is 10.2 Å². The Morgan fingerprint density at radius 1 is 1.03 bits per heavy atom. The Labute approximate surface area is 196 Å². The number of nitro benzene ring substituents is 1. The van der Waals surface area contributed by atoms with Crippen molar-refractivity contribution in [2.75, 3.05) is 11.4 Å². The fourth-order valence-corrected chi connectivity index (χ4v) is 4.33. The van der Waals surface area contributed by atoms with Gasteiger partial charge in [-0.05, 0) is 67.2 Å². The number of hydrogen-bond donors (Lipinski definition) is 0. The van der Waals surface area contributed by atoms with Gasteiger partial charge in [-0.3, -0.25) is 10.1 Å². The van der Waals surface area contributed by atoms with E-state index in [2.05, 4.69) is 76.7 Å². The van der Waals surface area contributed by atoms with Crippen LogP contribution in [0.25, 0.3) is 10.9 Å². The van der Waals surface area contributed by atoms with Gasteiger partial charge in [0.25, 0.3) is 5.69 Å². The number of aromatic nitrogens is 1. The lowest BCUT2D eigenvalue weighted by Gasteiger charge is -2.24. The van der Waals surface area contributed by atoms with E-state index in [4.69, 9.17) is 0 Å². The van der Waals surface area contributed by atoms with E-state index in [0.717, 1.165) is 36.4 Å². The van der Waals surface area contributed by atoms with Gasteiger partial charge < -0.3 is 4.90 Å². The van der Waals surface area contributed by atoms with Crippen LogP contribution in [0.4, 0.5) is 22.1 Å². The van der Waals surface area contributed by atoms with E-state index >= 15 is 0 Å². The Morgan fingerprint density at radius 2 is 1.82 bits per heavy atom. The molecule has 3 aromatic carbocycles. The number of nitro groups is 1. The van der Waals surface area contributed by atoms with Crippen LogP contribution in [0.5, 0.6) is 0 Å². The van der Waals surface area contributed by atoms with Crippen LogP contribution in [0.3, 0.4) is 0 Å². The van der Waals surface area contributed by atoms with Crippen molar-refractivity contribution in [1.82, 2.24) is 4.37 Å². The first-order chi connectivity index (χ1) is 16.0. The summed E-state index contributed by atoms with van der Waals surface area (Å²) in [6.45, 7) is 8.08. The number of non-ortho nitro benzene ring substituents is 1. The zero-order chi connectivity index (χ0) is 23.4. The quantitative estimate of drug-likeness (QED) is 0.155. The number of benzene rings is 3. The third-order valence-corrected chi connectivity index (χ3v) is 6.35. The molecule has 0 aliphatic rings. The number of nitrogens with zero attached hydrogens (tertiary/aromatic N) is 5. The molecule has 0 atom stereocenters. The molecule has 0 fully saturated rings. The SMILES string of the molecule is CCc1cc(N(CC)Cc2ccc(C)cc2)ccc1N=Nc1snc2ccc([N+](=O)[O-])cc12. The minimum Gasteiger partial charge on any atom is -0.367 e. The maximum atomic E-state index is 11.1. The lowest BCUT2D eigenvalue weighted by atomic mass is 10.1. The van der Waals surface area contributed by atoms with E-state index in [1.54, 1.807) is 6.07 Å². The van der Waals surface area contributed by atoms with Crippen molar-refractivity contribution in [3.63, 3.8) is 0 Å². The monoisotopic (exact) mass is 459 g/mol. The Hall–Kier alpha value is -3.65. The van der Waals surface area contributed by atoms with Crippen LogP contribution in [0, 0.1) is 17.0 Å². The molecule has 168 valence electrons. The smallest absolute Gasteiger partial charge is 0.270 e. The molecular formula is C25H25N5O2S. The molecule has 4 rings (SSSR count). The van der Waals surface area contributed by atoms with E-state index in [1.165, 1.54) is 34.8 Å². The van der Waals surface area contributed by atoms with Crippen molar-refractivity contribution >= 4 is 44.5 Å². The lowest BCUT2D eigenvalue weighted by molar-refractivity contribution is -0.384. The van der Waals surface area contributed by atoms with Crippen molar-refractivity contribution in [1.29, 1.82) is 0 Å². The lowest BCUT2D eigenvalue weighted by Crippen LogP contribution is -2.22. The predicted molar refractivity (Wildman–Crippen MR) is 134 cm³/mol. The summed E-state index contributed by atoms with van der Waals surface area (Å²) < 4.78 is 4.33. The molecule has 0 radical (unpaired) electrons. The summed E-state index contributed by atoms with van der Waals surface area (Å²) in [5.74, 6) is 0. The van der Waals surface area contributed by atoms with E-state index in [-0.39, 0.29) is 5.69 Å². The highest BCUT2D eigenvalue weighted by molar-refractivity contribution is 7.11. The van der Waals surface area contributed by atoms with Gasteiger partial charge in [0.1, 0.15) is 0 Å². The topological polar surface area (TPSA) is 84.0 Å². The Morgan fingerprint density at radius 3 is 2.52 bits per heavy atom. The van der Waals surface area contributed by atoms with Gasteiger partial charge in [0.2, 0.25) is 0 Å². The number of hydrogen-bond acceptors (Lipinski definition) is 7. The highest BCUT2D eigenvalue weighted by Crippen LogP contribution is 2.35. The van der Waals surface area contributed by atoms with Gasteiger partial charge >= 0.3 is 0 Å². The number of aryl methyl sites for hydroxylation is 2. The third-order valence-electron chi connectivity index (χ3n) is 5.59. The average Bonchev–Trinajstić information content (AvgIpc) is 3.24. The minimum absolute atomic E-state index is 0.0194. The number of rotatable bonds is 8. The Balaban J connectivity index is 1.59. The summed E-state index contributed by atoms with van der Waals surface area (Å²) in [5.41, 5.74) is 6.26. The van der Waals surface area contributed by atoms with Crippen LogP contribution >= 0.6 is 11.5 Å². The molecule has 0 N–H and O–H groups in total. The average molecular weight is 460 g/mol. The zero-order valence-electron chi connectivity index (χ0n) is 18.9. The molecule has 0 amide bonds. The number of anilines is 1. The van der Waals surface area contributed by atoms with Crippen molar-refractivity contribution in [2.24, 2.45) is 10.2 Å². The van der Waals surface area contributed by atoms with Crippen molar-refractivity contribution < 1.29 is 4.92 Å². The molecule has 1 aromatic heterocycles. The van der Waals surface area contributed by atoms with Gasteiger partial charge in [-0.25, -0.2) is 0 Å². The van der Waals surface area contributed by atoms with Gasteiger partial charge in [-0.2, -0.15) is 4.37 Å². The maximum absolute atomic E-state index is 11.1. The fourth-order valence-electron chi connectivity index (χ4n) is 3.65. The summed E-state index contributed by atoms with van der Waals surface area (Å²) in [4.78, 5) is 13.0. The molecule has 0 aliphatic carbocycles. The largest absolute Gasteiger partial charge is 0.367 e. The summed E-state index contributed by atoms with van der Waals surface area (Å²) in [7, 11) is 0. The fraction of sp³-hybridized carbons (Fsp3) is 0.240. The van der Waals surface area contributed by atoms with Gasteiger partial charge in [0.15, 0.2) is 5.00 Å². The van der Waals surface area contributed by atoms with Crippen molar-refractivity contribution in [3.8, 4) is 0 Å². The molecule has 0 bridgehead atoms. The summed E-state index contributed by atoms with van der Waals surface area (Å²) in [6.07, 6.45) is 0.819. The molecule has 33 heavy (non-hydrogen) atoms. The van der Waals surface area contributed by atoms with Crippen molar-refractivity contribution in [3.05, 3.63) is 87.5 Å². The van der Waals surface area contributed by atoms with Crippen LogP contribution in [0.2, 0.25) is 0 Å². The highest BCUT2D eigenvalue weighted by atomic mass is 32.1. The van der Waals surface area contributed by atoms with E-state index in [0.29, 0.717) is 15.9 Å². The number of fused-ring (bicyclic) bond motifs is 1. The molecule has 0 spiro atoms. The predicted octanol–water partition coefficient (Wildman–Crippen LogP) is 7.52. The standard InChI is InChI=1S/C25H25N5O2S/c1-4-19-14-20(29(5-2)16-18-8-6-17(3)7-9-18)10-12-23(19)26-27-25-22-15-21(30(31)32)11-13-24(22)28-33-25/h6-15H,4-5,16H2,1-3H3. The first-order valence-electron chi connectivity index (χ1n) is 10.9. The molecule has 0 unspecified atom stereocenters. The van der Waals surface area contributed by atoms with Crippen LogP contribution in [-0.2, 0) is 13.0 Å². The Kier molecular flexibility index (Phi) is 6.74. The maximum Gasteiger partial charge on any atom is 0.270 e. The van der Waals surface area contributed by atoms with Crippen LogP contribution < -0.4 is 4.90 Å². The van der Waals surface area contributed by atoms with Crippen LogP contribution in [-0.4, -0.2) is 15.8 Å². The molecule has 0 saturated heterocycles. The van der Waals surface area contributed by atoms with Gasteiger partial charge in [0, 0.05) is 36.3 Å². The second kappa shape index (κ2) is 9.87. The molecular weight excluding hydrogens is 434 g/mol. The first kappa shape index (κ1) is 22.5. The Bertz CT molecular complexity index is 1310. The van der Waals surface area contributed by atoms with Gasteiger partial charge in [-0.1, -0.05) is 36.8 Å². The number of azo groups is 1. The molecule has 0 aliphatic heterocycles. The molecule has 8 heteroatoms. The second-order valence-electron chi connectivity index (χ2n) is 7.81. The normalized spacial score (nSPS) is 11.4. The molecule has 7 nitrogen and oxygen atoms in total. The summed E-state index contributed by atoms with van der Waals surface area (Å²) >= 11 is 1.19. The van der Waals surface area contributed by atoms with Crippen molar-refractivity contribution in [2.45, 2.75) is 33.7 Å². The van der Waals surface area contributed by atoms with E-state index in [9.17, 15) is 10.1 Å². The summed E-state index contributed by atoms with van der Waals surface area (Å²) in [6, 6.07) is 19.4. The van der Waals surface area contributed by atoms with Crippen LogP contribution in [0.1, 0.15) is 30.5 Å². The van der Waals surface area contributed by atoms with Crippen LogP contribution in [0.15, 0.2) is 70.9 Å². The third kappa shape index (κ3) is 5.06.